The maximum atomic E-state index is 15.4. The Morgan fingerprint density at radius 3 is 2.68 bits per heavy atom. The number of rotatable bonds is 3. The van der Waals surface area contributed by atoms with Gasteiger partial charge in [-0.3, -0.25) is 14.4 Å². The van der Waals surface area contributed by atoms with E-state index in [-0.39, 0.29) is 36.1 Å². The zero-order valence-corrected chi connectivity index (χ0v) is 18.3. The lowest BCUT2D eigenvalue weighted by atomic mass is 9.46. The van der Waals surface area contributed by atoms with E-state index in [9.17, 15) is 19.5 Å². The van der Waals surface area contributed by atoms with Crippen LogP contribution < -0.4 is 0 Å². The SMILES string of the molecule is CC(=O)OCC(=O)[C@@]1(O)[C@H](C)CC2C3C[C@H](F)C4=CC(=O)C=C[C@]4(C)[C@@]34O[C@@H]4C[C@@]21C. The largest absolute Gasteiger partial charge is 0.458 e. The molecular formula is C24H29FO6. The van der Waals surface area contributed by atoms with Gasteiger partial charge in [-0.1, -0.05) is 19.9 Å². The number of epoxide rings is 1. The minimum absolute atomic E-state index is 0.129. The summed E-state index contributed by atoms with van der Waals surface area (Å²) in [6.45, 7) is 6.45. The number of carbonyl (C=O) groups excluding carboxylic acids is 3. The molecule has 6 nitrogen and oxygen atoms in total. The number of fused-ring (bicyclic) bond motifs is 3. The average molecular weight is 432 g/mol. The van der Waals surface area contributed by atoms with Crippen LogP contribution in [0.5, 0.6) is 0 Å². The molecular weight excluding hydrogens is 403 g/mol. The maximum absolute atomic E-state index is 15.4. The van der Waals surface area contributed by atoms with Crippen molar-refractivity contribution < 1.29 is 33.4 Å². The molecule has 5 rings (SSSR count). The number of aliphatic hydroxyl groups is 1. The molecule has 9 atom stereocenters. The number of alkyl halides is 1. The number of Topliss-reactive ketones (excluding diaryl/α,β-unsaturated/α-hetero) is 1. The van der Waals surface area contributed by atoms with E-state index in [0.29, 0.717) is 18.4 Å². The van der Waals surface area contributed by atoms with Crippen LogP contribution in [0.25, 0.3) is 0 Å². The molecule has 2 unspecified atom stereocenters. The lowest BCUT2D eigenvalue weighted by Crippen LogP contribution is -2.63. The minimum atomic E-state index is -1.67. The first-order chi connectivity index (χ1) is 14.4. The zero-order valence-electron chi connectivity index (χ0n) is 18.3. The molecule has 4 fully saturated rings. The molecule has 0 amide bonds. The molecule has 0 radical (unpaired) electrons. The number of halogens is 1. The van der Waals surface area contributed by atoms with Gasteiger partial charge < -0.3 is 14.6 Å². The summed E-state index contributed by atoms with van der Waals surface area (Å²) in [5.74, 6) is -1.96. The van der Waals surface area contributed by atoms with Gasteiger partial charge in [-0.15, -0.1) is 0 Å². The predicted molar refractivity (Wildman–Crippen MR) is 108 cm³/mol. The summed E-state index contributed by atoms with van der Waals surface area (Å²) in [7, 11) is 0. The molecule has 1 N–H and O–H groups in total. The summed E-state index contributed by atoms with van der Waals surface area (Å²) in [5.41, 5.74) is -3.35. The molecule has 7 heteroatoms. The van der Waals surface area contributed by atoms with E-state index in [1.54, 1.807) is 6.08 Å². The topological polar surface area (TPSA) is 93.2 Å². The van der Waals surface area contributed by atoms with Crippen LogP contribution in [0.15, 0.2) is 23.8 Å². The highest BCUT2D eigenvalue weighted by atomic mass is 19.1. The normalized spacial score (nSPS) is 51.7. The Morgan fingerprint density at radius 2 is 2.00 bits per heavy atom. The van der Waals surface area contributed by atoms with E-state index in [1.807, 2.05) is 20.8 Å². The third-order valence-electron chi connectivity index (χ3n) is 9.33. The Morgan fingerprint density at radius 1 is 1.29 bits per heavy atom. The first-order valence-corrected chi connectivity index (χ1v) is 11.1. The molecule has 0 bridgehead atoms. The van der Waals surface area contributed by atoms with Crippen molar-refractivity contribution in [2.24, 2.45) is 28.6 Å². The third-order valence-corrected chi connectivity index (χ3v) is 9.33. The quantitative estimate of drug-likeness (QED) is 0.544. The van der Waals surface area contributed by atoms with Gasteiger partial charge in [-0.2, -0.15) is 0 Å². The van der Waals surface area contributed by atoms with Crippen LogP contribution in [0.4, 0.5) is 4.39 Å². The van der Waals surface area contributed by atoms with Crippen LogP contribution in [0.3, 0.4) is 0 Å². The molecule has 4 aliphatic carbocycles. The van der Waals surface area contributed by atoms with Gasteiger partial charge in [-0.05, 0) is 61.7 Å². The molecule has 1 aliphatic heterocycles. The number of hydrogen-bond donors (Lipinski definition) is 1. The van der Waals surface area contributed by atoms with Gasteiger partial charge in [0.25, 0.3) is 0 Å². The second-order valence-electron chi connectivity index (χ2n) is 10.6. The molecule has 1 spiro atoms. The van der Waals surface area contributed by atoms with E-state index in [4.69, 9.17) is 9.47 Å². The molecule has 1 heterocycles. The molecule has 0 aromatic heterocycles. The fraction of sp³-hybridized carbons (Fsp3) is 0.708. The number of ether oxygens (including phenoxy) is 2. The first-order valence-electron chi connectivity index (χ1n) is 11.1. The van der Waals surface area contributed by atoms with Crippen molar-refractivity contribution in [3.63, 3.8) is 0 Å². The Balaban J connectivity index is 1.55. The van der Waals surface area contributed by atoms with Crippen molar-refractivity contribution in [3.05, 3.63) is 23.8 Å². The minimum Gasteiger partial charge on any atom is -0.458 e. The Labute approximate surface area is 180 Å². The van der Waals surface area contributed by atoms with Gasteiger partial charge in [0.05, 0.1) is 6.10 Å². The number of carbonyl (C=O) groups is 3. The summed E-state index contributed by atoms with van der Waals surface area (Å²) >= 11 is 0. The van der Waals surface area contributed by atoms with Gasteiger partial charge in [0, 0.05) is 17.8 Å². The van der Waals surface area contributed by atoms with Gasteiger partial charge in [0.1, 0.15) is 17.4 Å². The number of esters is 1. The summed E-state index contributed by atoms with van der Waals surface area (Å²) in [6, 6.07) is 0. The van der Waals surface area contributed by atoms with Gasteiger partial charge in [0.2, 0.25) is 5.78 Å². The van der Waals surface area contributed by atoms with Crippen LogP contribution in [-0.4, -0.2) is 52.7 Å². The van der Waals surface area contributed by atoms with Crippen LogP contribution >= 0.6 is 0 Å². The van der Waals surface area contributed by atoms with Crippen molar-refractivity contribution in [1.82, 2.24) is 0 Å². The highest BCUT2D eigenvalue weighted by Crippen LogP contribution is 2.76. The molecule has 168 valence electrons. The number of hydrogen-bond acceptors (Lipinski definition) is 6. The first kappa shape index (κ1) is 21.0. The lowest BCUT2D eigenvalue weighted by Gasteiger charge is -2.56. The van der Waals surface area contributed by atoms with Gasteiger partial charge in [0.15, 0.2) is 12.4 Å². The smallest absolute Gasteiger partial charge is 0.303 e. The van der Waals surface area contributed by atoms with Crippen molar-refractivity contribution in [2.45, 2.75) is 70.4 Å². The fourth-order valence-electron chi connectivity index (χ4n) is 7.85. The molecule has 0 aromatic carbocycles. The van der Waals surface area contributed by atoms with Gasteiger partial charge in [-0.25, -0.2) is 4.39 Å². The number of allylic oxidation sites excluding steroid dienone is 2. The van der Waals surface area contributed by atoms with Crippen molar-refractivity contribution in [1.29, 1.82) is 0 Å². The van der Waals surface area contributed by atoms with Crippen molar-refractivity contribution in [2.75, 3.05) is 6.61 Å². The second-order valence-corrected chi connectivity index (χ2v) is 10.6. The van der Waals surface area contributed by atoms with Crippen LogP contribution in [0.1, 0.15) is 47.0 Å². The number of ketones is 2. The van der Waals surface area contributed by atoms with Crippen LogP contribution in [-0.2, 0) is 23.9 Å². The monoisotopic (exact) mass is 432 g/mol. The Bertz CT molecular complexity index is 956. The fourth-order valence-corrected chi connectivity index (χ4v) is 7.85. The van der Waals surface area contributed by atoms with Crippen LogP contribution in [0, 0.1) is 28.6 Å². The van der Waals surface area contributed by atoms with Crippen molar-refractivity contribution in [3.8, 4) is 0 Å². The summed E-state index contributed by atoms with van der Waals surface area (Å²) in [5, 5.41) is 11.8. The highest BCUT2D eigenvalue weighted by Gasteiger charge is 2.82. The molecule has 1 saturated heterocycles. The molecule has 3 saturated carbocycles. The highest BCUT2D eigenvalue weighted by molar-refractivity contribution is 6.01. The van der Waals surface area contributed by atoms with Gasteiger partial charge >= 0.3 is 5.97 Å². The van der Waals surface area contributed by atoms with E-state index in [2.05, 4.69) is 0 Å². The van der Waals surface area contributed by atoms with E-state index in [0.717, 1.165) is 0 Å². The molecule has 5 aliphatic rings. The van der Waals surface area contributed by atoms with Crippen molar-refractivity contribution >= 4 is 17.5 Å². The van der Waals surface area contributed by atoms with E-state index >= 15 is 4.39 Å². The Hall–Kier alpha value is -1.86. The predicted octanol–water partition coefficient (Wildman–Crippen LogP) is 2.48. The molecule has 31 heavy (non-hydrogen) atoms. The standard InChI is InChI=1S/C24H29FO6/c1-12-7-15-16-9-18(25)17-8-14(27)5-6-21(17,3)24(16)20(31-24)10-22(15,4)23(12,29)19(28)11-30-13(2)26/h5-6,8,12,15-16,18,20,29H,7,9-11H2,1-4H3/t12-,15?,16?,18+,20-,21+,22+,23+,24-/m1/s1. The summed E-state index contributed by atoms with van der Waals surface area (Å²) < 4.78 is 26.7. The molecule has 0 aromatic rings. The van der Waals surface area contributed by atoms with E-state index in [1.165, 1.54) is 19.1 Å². The second kappa shape index (κ2) is 6.13. The lowest BCUT2D eigenvalue weighted by molar-refractivity contribution is -0.171. The van der Waals surface area contributed by atoms with E-state index < -0.39 is 46.6 Å². The zero-order chi connectivity index (χ0) is 22.6. The average Bonchev–Trinajstić information content (AvgIpc) is 3.38. The summed E-state index contributed by atoms with van der Waals surface area (Å²) in [6.07, 6.45) is 4.42. The van der Waals surface area contributed by atoms with Crippen LogP contribution in [0.2, 0.25) is 0 Å². The summed E-state index contributed by atoms with van der Waals surface area (Å²) in [4.78, 5) is 36.3. The third kappa shape index (κ3) is 2.31. The Kier molecular flexibility index (Phi) is 4.16. The maximum Gasteiger partial charge on any atom is 0.303 e.